The molecule has 1 aromatic carbocycles. The molecular weight excluding hydrogens is 321 g/mol. The molecule has 0 atom stereocenters. The third-order valence-corrected chi connectivity index (χ3v) is 4.26. The van der Waals surface area contributed by atoms with Gasteiger partial charge in [-0.25, -0.2) is 4.98 Å². The Hall–Kier alpha value is -1.78. The summed E-state index contributed by atoms with van der Waals surface area (Å²) in [4.78, 5) is 18.4. The van der Waals surface area contributed by atoms with Crippen molar-refractivity contribution in [2.24, 2.45) is 0 Å². The SMILES string of the molecule is O=C(Nc1ccc(N2CCCC2)c(Cl)c1)c1cccnc1Cl. The normalized spacial score (nSPS) is 14.2. The number of aromatic nitrogens is 1. The summed E-state index contributed by atoms with van der Waals surface area (Å²) in [6, 6.07) is 8.85. The van der Waals surface area contributed by atoms with Gasteiger partial charge in [0.2, 0.25) is 0 Å². The molecule has 0 unspecified atom stereocenters. The van der Waals surface area contributed by atoms with Gasteiger partial charge >= 0.3 is 0 Å². The largest absolute Gasteiger partial charge is 0.370 e. The Kier molecular flexibility index (Phi) is 4.50. The molecule has 114 valence electrons. The first-order valence-electron chi connectivity index (χ1n) is 7.11. The first-order chi connectivity index (χ1) is 10.6. The number of carbonyl (C=O) groups is 1. The molecule has 0 saturated carbocycles. The van der Waals surface area contributed by atoms with Crippen molar-refractivity contribution >= 4 is 40.5 Å². The zero-order valence-electron chi connectivity index (χ0n) is 11.9. The fourth-order valence-corrected chi connectivity index (χ4v) is 3.06. The molecule has 4 nitrogen and oxygen atoms in total. The lowest BCUT2D eigenvalue weighted by atomic mass is 10.2. The first kappa shape index (κ1) is 15.1. The lowest BCUT2D eigenvalue weighted by Crippen LogP contribution is -2.18. The van der Waals surface area contributed by atoms with Gasteiger partial charge in [0, 0.05) is 25.0 Å². The summed E-state index contributed by atoms with van der Waals surface area (Å²) in [5, 5.41) is 3.61. The van der Waals surface area contributed by atoms with Crippen molar-refractivity contribution in [2.75, 3.05) is 23.3 Å². The monoisotopic (exact) mass is 335 g/mol. The van der Waals surface area contributed by atoms with E-state index in [0.29, 0.717) is 16.3 Å². The van der Waals surface area contributed by atoms with Crippen LogP contribution in [0.1, 0.15) is 23.2 Å². The lowest BCUT2D eigenvalue weighted by molar-refractivity contribution is 0.102. The molecule has 1 amide bonds. The number of nitrogens with zero attached hydrogens (tertiary/aromatic N) is 2. The van der Waals surface area contributed by atoms with E-state index >= 15 is 0 Å². The highest BCUT2D eigenvalue weighted by atomic mass is 35.5. The van der Waals surface area contributed by atoms with Crippen LogP contribution in [-0.2, 0) is 0 Å². The standard InChI is InChI=1S/C16H15Cl2N3O/c17-13-10-11(5-6-14(13)21-8-1-2-9-21)20-16(22)12-4-3-7-19-15(12)18/h3-7,10H,1-2,8-9H2,(H,20,22). The Bertz CT molecular complexity index is 700. The molecular formula is C16H15Cl2N3O. The summed E-state index contributed by atoms with van der Waals surface area (Å²) in [5.74, 6) is -0.303. The zero-order chi connectivity index (χ0) is 15.5. The molecule has 2 aromatic rings. The second kappa shape index (κ2) is 6.55. The van der Waals surface area contributed by atoms with Crippen molar-refractivity contribution in [1.82, 2.24) is 4.98 Å². The molecule has 2 heterocycles. The zero-order valence-corrected chi connectivity index (χ0v) is 13.4. The third-order valence-electron chi connectivity index (χ3n) is 3.66. The number of amides is 1. The minimum Gasteiger partial charge on any atom is -0.370 e. The molecule has 0 radical (unpaired) electrons. The van der Waals surface area contributed by atoms with Crippen LogP contribution in [-0.4, -0.2) is 24.0 Å². The van der Waals surface area contributed by atoms with Crippen molar-refractivity contribution in [1.29, 1.82) is 0 Å². The summed E-state index contributed by atoms with van der Waals surface area (Å²) in [6.45, 7) is 2.05. The molecule has 0 bridgehead atoms. The number of hydrogen-bond acceptors (Lipinski definition) is 3. The maximum atomic E-state index is 12.2. The van der Waals surface area contributed by atoms with E-state index in [4.69, 9.17) is 23.2 Å². The number of halogens is 2. The summed E-state index contributed by atoms with van der Waals surface area (Å²) in [6.07, 6.45) is 3.92. The highest BCUT2D eigenvalue weighted by molar-refractivity contribution is 6.34. The summed E-state index contributed by atoms with van der Waals surface area (Å²) in [5.41, 5.74) is 1.98. The number of hydrogen-bond donors (Lipinski definition) is 1. The summed E-state index contributed by atoms with van der Waals surface area (Å²) < 4.78 is 0. The van der Waals surface area contributed by atoms with Gasteiger partial charge in [0.1, 0.15) is 5.15 Å². The number of nitrogens with one attached hydrogen (secondary N) is 1. The molecule has 1 N–H and O–H groups in total. The Morgan fingerprint density at radius 1 is 1.18 bits per heavy atom. The van der Waals surface area contributed by atoms with E-state index in [-0.39, 0.29) is 11.1 Å². The number of benzene rings is 1. The minimum atomic E-state index is -0.303. The van der Waals surface area contributed by atoms with Gasteiger partial charge in [-0.1, -0.05) is 23.2 Å². The van der Waals surface area contributed by atoms with Crippen LogP contribution < -0.4 is 10.2 Å². The average molecular weight is 336 g/mol. The lowest BCUT2D eigenvalue weighted by Gasteiger charge is -2.19. The second-order valence-electron chi connectivity index (χ2n) is 5.16. The highest BCUT2D eigenvalue weighted by Crippen LogP contribution is 2.31. The van der Waals surface area contributed by atoms with Crippen LogP contribution in [0.25, 0.3) is 0 Å². The van der Waals surface area contributed by atoms with E-state index < -0.39 is 0 Å². The van der Waals surface area contributed by atoms with Gasteiger partial charge in [0.25, 0.3) is 5.91 Å². The first-order valence-corrected chi connectivity index (χ1v) is 7.87. The minimum absolute atomic E-state index is 0.180. The van der Waals surface area contributed by atoms with Crippen molar-refractivity contribution in [2.45, 2.75) is 12.8 Å². The predicted octanol–water partition coefficient (Wildman–Crippen LogP) is 4.24. The number of anilines is 2. The van der Waals surface area contributed by atoms with Gasteiger partial charge in [0.15, 0.2) is 0 Å². The Morgan fingerprint density at radius 2 is 1.95 bits per heavy atom. The molecule has 1 fully saturated rings. The molecule has 0 spiro atoms. The maximum absolute atomic E-state index is 12.2. The van der Waals surface area contributed by atoms with Gasteiger partial charge in [-0.05, 0) is 43.2 Å². The Morgan fingerprint density at radius 3 is 2.64 bits per heavy atom. The van der Waals surface area contributed by atoms with E-state index in [9.17, 15) is 4.79 Å². The molecule has 1 aromatic heterocycles. The smallest absolute Gasteiger partial charge is 0.258 e. The quantitative estimate of drug-likeness (QED) is 0.853. The molecule has 0 aliphatic carbocycles. The molecule has 1 aliphatic heterocycles. The van der Waals surface area contributed by atoms with Crippen LogP contribution in [0.15, 0.2) is 36.5 Å². The fraction of sp³-hybridized carbons (Fsp3) is 0.250. The summed E-state index contributed by atoms with van der Waals surface area (Å²) >= 11 is 12.3. The number of pyridine rings is 1. The highest BCUT2D eigenvalue weighted by Gasteiger charge is 2.16. The third kappa shape index (κ3) is 3.18. The van der Waals surface area contributed by atoms with Gasteiger partial charge in [-0.3, -0.25) is 4.79 Å². The van der Waals surface area contributed by atoms with E-state index in [0.717, 1.165) is 18.8 Å². The van der Waals surface area contributed by atoms with Gasteiger partial charge < -0.3 is 10.2 Å². The van der Waals surface area contributed by atoms with Gasteiger partial charge in [-0.15, -0.1) is 0 Å². The van der Waals surface area contributed by atoms with Crippen LogP contribution in [0.3, 0.4) is 0 Å². The van der Waals surface area contributed by atoms with E-state index in [1.54, 1.807) is 24.4 Å². The van der Waals surface area contributed by atoms with E-state index in [1.165, 1.54) is 12.8 Å². The van der Waals surface area contributed by atoms with Crippen LogP contribution >= 0.6 is 23.2 Å². The average Bonchev–Trinajstić information content (AvgIpc) is 3.01. The topological polar surface area (TPSA) is 45.2 Å². The molecule has 1 aliphatic rings. The molecule has 6 heteroatoms. The van der Waals surface area contributed by atoms with E-state index in [2.05, 4.69) is 15.2 Å². The predicted molar refractivity (Wildman–Crippen MR) is 90.1 cm³/mol. The molecule has 3 rings (SSSR count). The van der Waals surface area contributed by atoms with Crippen LogP contribution in [0.4, 0.5) is 11.4 Å². The number of rotatable bonds is 3. The maximum Gasteiger partial charge on any atom is 0.258 e. The van der Waals surface area contributed by atoms with Crippen molar-refractivity contribution < 1.29 is 4.79 Å². The molecule has 1 saturated heterocycles. The number of carbonyl (C=O) groups excluding carboxylic acids is 1. The van der Waals surface area contributed by atoms with E-state index in [1.807, 2.05) is 12.1 Å². The van der Waals surface area contributed by atoms with Crippen LogP contribution in [0, 0.1) is 0 Å². The van der Waals surface area contributed by atoms with Crippen LogP contribution in [0.5, 0.6) is 0 Å². The Balaban J connectivity index is 1.77. The molecule has 22 heavy (non-hydrogen) atoms. The van der Waals surface area contributed by atoms with Crippen molar-refractivity contribution in [3.8, 4) is 0 Å². The van der Waals surface area contributed by atoms with Crippen molar-refractivity contribution in [3.63, 3.8) is 0 Å². The van der Waals surface area contributed by atoms with Gasteiger partial charge in [-0.2, -0.15) is 0 Å². The van der Waals surface area contributed by atoms with Crippen LogP contribution in [0.2, 0.25) is 10.2 Å². The Labute approximate surface area is 139 Å². The fourth-order valence-electron chi connectivity index (χ4n) is 2.55. The van der Waals surface area contributed by atoms with Crippen molar-refractivity contribution in [3.05, 3.63) is 52.3 Å². The van der Waals surface area contributed by atoms with Gasteiger partial charge in [0.05, 0.1) is 16.3 Å². The summed E-state index contributed by atoms with van der Waals surface area (Å²) in [7, 11) is 0. The second-order valence-corrected chi connectivity index (χ2v) is 5.92.